The Morgan fingerprint density at radius 1 is 1.07 bits per heavy atom. The molecule has 0 radical (unpaired) electrons. The molecule has 0 saturated heterocycles. The lowest BCUT2D eigenvalue weighted by atomic mass is 10.1. The molecule has 0 saturated carbocycles. The fraction of sp³-hybridized carbons (Fsp3) is 0.333. The predicted octanol–water partition coefficient (Wildman–Crippen LogP) is 2.98. The van der Waals surface area contributed by atoms with Gasteiger partial charge in [-0.1, -0.05) is 25.1 Å². The molecular formula is C21H26N2O4. The molecule has 0 fully saturated rings. The molecule has 0 bridgehead atoms. The standard InChI is InChI=1S/C21H26N2O4/c1-4-16-7-5-6-8-19(16)22-20(24)15-23(2)13-14-27-18-11-9-17(10-12-18)21(25)26-3/h5-12H,4,13-15H2,1-3H3,(H,22,24). The van der Waals surface area contributed by atoms with Crippen LogP contribution in [0.25, 0.3) is 0 Å². The second kappa shape index (κ2) is 10.3. The van der Waals surface area contributed by atoms with Gasteiger partial charge in [-0.2, -0.15) is 0 Å². The maximum absolute atomic E-state index is 12.2. The number of hydrogen-bond acceptors (Lipinski definition) is 5. The van der Waals surface area contributed by atoms with Gasteiger partial charge in [-0.3, -0.25) is 9.69 Å². The normalized spacial score (nSPS) is 10.5. The van der Waals surface area contributed by atoms with Crippen LogP contribution >= 0.6 is 0 Å². The lowest BCUT2D eigenvalue weighted by molar-refractivity contribution is -0.117. The van der Waals surface area contributed by atoms with E-state index in [0.29, 0.717) is 24.5 Å². The third-order valence-electron chi connectivity index (χ3n) is 4.10. The first-order valence-corrected chi connectivity index (χ1v) is 8.91. The van der Waals surface area contributed by atoms with E-state index >= 15 is 0 Å². The second-order valence-corrected chi connectivity index (χ2v) is 6.16. The van der Waals surface area contributed by atoms with Gasteiger partial charge in [-0.15, -0.1) is 0 Å². The molecular weight excluding hydrogens is 344 g/mol. The Bertz CT molecular complexity index is 759. The highest BCUT2D eigenvalue weighted by Crippen LogP contribution is 2.15. The fourth-order valence-corrected chi connectivity index (χ4v) is 2.59. The maximum atomic E-state index is 12.2. The van der Waals surface area contributed by atoms with Crippen LogP contribution in [0.2, 0.25) is 0 Å². The largest absolute Gasteiger partial charge is 0.492 e. The molecule has 1 amide bonds. The highest BCUT2D eigenvalue weighted by molar-refractivity contribution is 5.93. The highest BCUT2D eigenvalue weighted by atomic mass is 16.5. The number of carbonyl (C=O) groups is 2. The minimum Gasteiger partial charge on any atom is -0.492 e. The molecule has 6 heteroatoms. The average Bonchev–Trinajstić information content (AvgIpc) is 2.68. The number of esters is 1. The van der Waals surface area contributed by atoms with E-state index in [0.717, 1.165) is 17.7 Å². The Kier molecular flexibility index (Phi) is 7.82. The van der Waals surface area contributed by atoms with Crippen molar-refractivity contribution in [2.24, 2.45) is 0 Å². The zero-order valence-electron chi connectivity index (χ0n) is 16.0. The van der Waals surface area contributed by atoms with Gasteiger partial charge in [0, 0.05) is 12.2 Å². The summed E-state index contributed by atoms with van der Waals surface area (Å²) in [5.41, 5.74) is 2.46. The van der Waals surface area contributed by atoms with E-state index in [4.69, 9.17) is 4.74 Å². The van der Waals surface area contributed by atoms with Crippen LogP contribution in [-0.2, 0) is 16.0 Å². The number of carbonyl (C=O) groups excluding carboxylic acids is 2. The van der Waals surface area contributed by atoms with Gasteiger partial charge in [0.15, 0.2) is 0 Å². The summed E-state index contributed by atoms with van der Waals surface area (Å²) < 4.78 is 10.3. The maximum Gasteiger partial charge on any atom is 0.337 e. The number of anilines is 1. The number of benzene rings is 2. The molecule has 144 valence electrons. The number of aryl methyl sites for hydroxylation is 1. The van der Waals surface area contributed by atoms with Crippen LogP contribution in [0.4, 0.5) is 5.69 Å². The molecule has 2 aromatic rings. The topological polar surface area (TPSA) is 67.9 Å². The monoisotopic (exact) mass is 370 g/mol. The van der Waals surface area contributed by atoms with Gasteiger partial charge in [0.25, 0.3) is 0 Å². The molecule has 0 aliphatic heterocycles. The predicted molar refractivity (Wildman–Crippen MR) is 105 cm³/mol. The summed E-state index contributed by atoms with van der Waals surface area (Å²) in [4.78, 5) is 25.5. The third kappa shape index (κ3) is 6.42. The summed E-state index contributed by atoms with van der Waals surface area (Å²) in [6.45, 7) is 3.38. The Balaban J connectivity index is 1.74. The van der Waals surface area contributed by atoms with Gasteiger partial charge in [0.1, 0.15) is 12.4 Å². The van der Waals surface area contributed by atoms with Crippen molar-refractivity contribution in [1.29, 1.82) is 0 Å². The van der Waals surface area contributed by atoms with Crippen LogP contribution < -0.4 is 10.1 Å². The number of rotatable bonds is 9. The molecule has 2 aromatic carbocycles. The van der Waals surface area contributed by atoms with Crippen molar-refractivity contribution in [1.82, 2.24) is 4.90 Å². The lowest BCUT2D eigenvalue weighted by Crippen LogP contribution is -2.33. The number of methoxy groups -OCH3 is 1. The third-order valence-corrected chi connectivity index (χ3v) is 4.10. The van der Waals surface area contributed by atoms with Gasteiger partial charge in [0.05, 0.1) is 19.2 Å². The molecule has 2 rings (SSSR count). The Hall–Kier alpha value is -2.86. The first-order valence-electron chi connectivity index (χ1n) is 8.91. The van der Waals surface area contributed by atoms with E-state index in [9.17, 15) is 9.59 Å². The number of hydrogen-bond donors (Lipinski definition) is 1. The van der Waals surface area contributed by atoms with Crippen molar-refractivity contribution < 1.29 is 19.1 Å². The molecule has 0 atom stereocenters. The van der Waals surface area contributed by atoms with Crippen molar-refractivity contribution in [2.75, 3.05) is 39.2 Å². The van der Waals surface area contributed by atoms with Crippen LogP contribution in [0.1, 0.15) is 22.8 Å². The first-order chi connectivity index (χ1) is 13.0. The summed E-state index contributed by atoms with van der Waals surface area (Å²) in [5.74, 6) is 0.232. The Morgan fingerprint density at radius 3 is 2.44 bits per heavy atom. The summed E-state index contributed by atoms with van der Waals surface area (Å²) in [6.07, 6.45) is 0.870. The van der Waals surface area contributed by atoms with E-state index in [1.54, 1.807) is 24.3 Å². The first kappa shape index (κ1) is 20.5. The van der Waals surface area contributed by atoms with Gasteiger partial charge in [0.2, 0.25) is 5.91 Å². The summed E-state index contributed by atoms with van der Waals surface area (Å²) in [6, 6.07) is 14.6. The molecule has 0 heterocycles. The van der Waals surface area contributed by atoms with E-state index in [-0.39, 0.29) is 18.4 Å². The highest BCUT2D eigenvalue weighted by Gasteiger charge is 2.09. The quantitative estimate of drug-likeness (QED) is 0.688. The fourth-order valence-electron chi connectivity index (χ4n) is 2.59. The summed E-state index contributed by atoms with van der Waals surface area (Å²) in [7, 11) is 3.22. The van der Waals surface area contributed by atoms with E-state index in [1.807, 2.05) is 36.2 Å². The molecule has 0 aromatic heterocycles. The van der Waals surface area contributed by atoms with Crippen molar-refractivity contribution in [3.05, 3.63) is 59.7 Å². The number of likely N-dealkylation sites (N-methyl/N-ethyl adjacent to an activating group) is 1. The smallest absolute Gasteiger partial charge is 0.337 e. The van der Waals surface area contributed by atoms with Crippen LogP contribution in [0.15, 0.2) is 48.5 Å². The molecule has 1 N–H and O–H groups in total. The zero-order chi connectivity index (χ0) is 19.6. The van der Waals surface area contributed by atoms with E-state index in [1.165, 1.54) is 7.11 Å². The summed E-state index contributed by atoms with van der Waals surface area (Å²) >= 11 is 0. The SMILES string of the molecule is CCc1ccccc1NC(=O)CN(C)CCOc1ccc(C(=O)OC)cc1. The number of ether oxygens (including phenoxy) is 2. The van der Waals surface area contributed by atoms with Crippen molar-refractivity contribution in [3.63, 3.8) is 0 Å². The van der Waals surface area contributed by atoms with E-state index < -0.39 is 0 Å². The van der Waals surface area contributed by atoms with E-state index in [2.05, 4.69) is 17.0 Å². The number of para-hydroxylation sites is 1. The minimum atomic E-state index is -0.378. The average molecular weight is 370 g/mol. The molecule has 6 nitrogen and oxygen atoms in total. The summed E-state index contributed by atoms with van der Waals surface area (Å²) in [5, 5.41) is 2.96. The molecule has 0 aliphatic rings. The number of nitrogens with one attached hydrogen (secondary N) is 1. The zero-order valence-corrected chi connectivity index (χ0v) is 16.0. The second-order valence-electron chi connectivity index (χ2n) is 6.16. The van der Waals surface area contributed by atoms with Crippen LogP contribution in [0, 0.1) is 0 Å². The lowest BCUT2D eigenvalue weighted by Gasteiger charge is -2.17. The van der Waals surface area contributed by atoms with Gasteiger partial charge >= 0.3 is 5.97 Å². The van der Waals surface area contributed by atoms with Crippen molar-refractivity contribution in [3.8, 4) is 5.75 Å². The molecule has 0 aliphatic carbocycles. The Labute approximate surface area is 160 Å². The van der Waals surface area contributed by atoms with Crippen LogP contribution in [0.3, 0.4) is 0 Å². The molecule has 0 unspecified atom stereocenters. The van der Waals surface area contributed by atoms with Gasteiger partial charge in [-0.05, 0) is 49.4 Å². The van der Waals surface area contributed by atoms with Crippen LogP contribution in [-0.4, -0.2) is 50.6 Å². The van der Waals surface area contributed by atoms with Crippen molar-refractivity contribution in [2.45, 2.75) is 13.3 Å². The Morgan fingerprint density at radius 2 is 1.78 bits per heavy atom. The number of nitrogens with zero attached hydrogens (tertiary/aromatic N) is 1. The van der Waals surface area contributed by atoms with Crippen molar-refractivity contribution >= 4 is 17.6 Å². The van der Waals surface area contributed by atoms with Gasteiger partial charge < -0.3 is 14.8 Å². The van der Waals surface area contributed by atoms with Gasteiger partial charge in [-0.25, -0.2) is 4.79 Å². The minimum absolute atomic E-state index is 0.0548. The molecule has 27 heavy (non-hydrogen) atoms. The number of amides is 1. The molecule has 0 spiro atoms. The van der Waals surface area contributed by atoms with Crippen LogP contribution in [0.5, 0.6) is 5.75 Å².